The van der Waals surface area contributed by atoms with Crippen LogP contribution in [0.4, 0.5) is 0 Å². The average Bonchev–Trinajstić information content (AvgIpc) is 2.16. The van der Waals surface area contributed by atoms with E-state index in [1.165, 1.54) is 0 Å². The van der Waals surface area contributed by atoms with E-state index in [-0.39, 0.29) is 5.79 Å². The van der Waals surface area contributed by atoms with Gasteiger partial charge in [-0.1, -0.05) is 27.7 Å². The van der Waals surface area contributed by atoms with Crippen molar-refractivity contribution < 1.29 is 0 Å². The Labute approximate surface area is 88.2 Å². The van der Waals surface area contributed by atoms with Gasteiger partial charge in [0.1, 0.15) is 5.79 Å². The highest BCUT2D eigenvalue weighted by Crippen LogP contribution is 1.93. The molecule has 0 amide bonds. The Hall–Kier alpha value is -0.160. The molecule has 0 unspecified atom stereocenters. The topological polar surface area (TPSA) is 48.1 Å². The molecule has 0 radical (unpaired) electrons. The first-order chi connectivity index (χ1) is 6.74. The minimum absolute atomic E-state index is 0.158. The summed E-state index contributed by atoms with van der Waals surface area (Å²) in [4.78, 5) is 0. The van der Waals surface area contributed by atoms with Gasteiger partial charge in [-0.25, -0.2) is 0 Å². The van der Waals surface area contributed by atoms with Gasteiger partial charge >= 0.3 is 0 Å². The van der Waals surface area contributed by atoms with Gasteiger partial charge in [0.25, 0.3) is 0 Å². The molecule has 0 aliphatic heterocycles. The van der Waals surface area contributed by atoms with Gasteiger partial charge in [-0.05, 0) is 26.2 Å². The maximum Gasteiger partial charge on any atom is 0.136 e. The highest BCUT2D eigenvalue weighted by molar-refractivity contribution is 4.83. The van der Waals surface area contributed by atoms with Crippen LogP contribution in [0.5, 0.6) is 0 Å². The molecule has 14 heavy (non-hydrogen) atoms. The minimum atomic E-state index is -0.158. The monoisotopic (exact) mass is 202 g/mol. The molecule has 4 heteroatoms. The van der Waals surface area contributed by atoms with E-state index >= 15 is 0 Å². The number of rotatable bonds is 9. The second-order valence-corrected chi connectivity index (χ2v) is 3.28. The van der Waals surface area contributed by atoms with Crippen LogP contribution in [0.3, 0.4) is 0 Å². The van der Waals surface area contributed by atoms with E-state index in [0.717, 1.165) is 32.7 Å². The fraction of sp³-hybridized carbons (Fsp3) is 1.00. The Morgan fingerprint density at radius 1 is 0.714 bits per heavy atom. The van der Waals surface area contributed by atoms with Gasteiger partial charge in [0.15, 0.2) is 0 Å². The quantitative estimate of drug-likeness (QED) is 0.400. The first-order valence-corrected chi connectivity index (χ1v) is 5.70. The van der Waals surface area contributed by atoms with E-state index in [4.69, 9.17) is 0 Å². The molecule has 0 spiro atoms. The number of hydrogen-bond donors (Lipinski definition) is 4. The van der Waals surface area contributed by atoms with Crippen molar-refractivity contribution in [2.45, 2.75) is 33.5 Å². The maximum absolute atomic E-state index is 3.45. The first kappa shape index (κ1) is 13.8. The number of hydrogen-bond acceptors (Lipinski definition) is 4. The van der Waals surface area contributed by atoms with Crippen molar-refractivity contribution in [3.05, 3.63) is 0 Å². The molecule has 0 aromatic carbocycles. The summed E-state index contributed by atoms with van der Waals surface area (Å²) in [7, 11) is 0. The molecule has 0 saturated carbocycles. The maximum atomic E-state index is 3.45. The Kier molecular flexibility index (Phi) is 8.08. The van der Waals surface area contributed by atoms with Gasteiger partial charge in [-0.3, -0.25) is 16.0 Å². The molecular formula is C10H26N4. The molecule has 4 N–H and O–H groups in total. The van der Waals surface area contributed by atoms with Gasteiger partial charge in [-0.15, -0.1) is 0 Å². The lowest BCUT2D eigenvalue weighted by atomic mass is 10.3. The predicted octanol–water partition coefficient (Wildman–Crippen LogP) is 0.0782. The lowest BCUT2D eigenvalue weighted by Gasteiger charge is -2.36. The van der Waals surface area contributed by atoms with Crippen molar-refractivity contribution in [3.8, 4) is 0 Å². The lowest BCUT2D eigenvalue weighted by molar-refractivity contribution is 0.202. The number of likely N-dealkylation sites (N-methyl/N-ethyl adjacent to an activating group) is 4. The fourth-order valence-electron chi connectivity index (χ4n) is 1.59. The zero-order valence-electron chi connectivity index (χ0n) is 10.0. The standard InChI is InChI=1S/C10H26N4/c1-5-11-9-10(12-6-2,13-7-3)14-8-4/h11-14H,5-9H2,1-4H3. The Balaban J connectivity index is 4.21. The molecular weight excluding hydrogens is 176 g/mol. The molecule has 0 saturated heterocycles. The lowest BCUT2D eigenvalue weighted by Crippen LogP contribution is -2.70. The molecule has 0 atom stereocenters. The summed E-state index contributed by atoms with van der Waals surface area (Å²) in [5, 5.41) is 13.7. The number of nitrogens with one attached hydrogen (secondary N) is 4. The highest BCUT2D eigenvalue weighted by Gasteiger charge is 2.25. The summed E-state index contributed by atoms with van der Waals surface area (Å²) in [6.07, 6.45) is 0. The van der Waals surface area contributed by atoms with Gasteiger partial charge in [0.05, 0.1) is 0 Å². The zero-order valence-corrected chi connectivity index (χ0v) is 10.0. The van der Waals surface area contributed by atoms with E-state index in [1.807, 2.05) is 0 Å². The minimum Gasteiger partial charge on any atom is -0.313 e. The zero-order chi connectivity index (χ0) is 10.9. The van der Waals surface area contributed by atoms with Gasteiger partial charge in [0.2, 0.25) is 0 Å². The van der Waals surface area contributed by atoms with Crippen LogP contribution in [0.25, 0.3) is 0 Å². The smallest absolute Gasteiger partial charge is 0.136 e. The third-order valence-corrected chi connectivity index (χ3v) is 2.08. The van der Waals surface area contributed by atoms with Crippen molar-refractivity contribution in [2.75, 3.05) is 32.7 Å². The van der Waals surface area contributed by atoms with Crippen molar-refractivity contribution in [2.24, 2.45) is 0 Å². The fourth-order valence-corrected chi connectivity index (χ4v) is 1.59. The second-order valence-electron chi connectivity index (χ2n) is 3.28. The molecule has 0 aromatic heterocycles. The Morgan fingerprint density at radius 3 is 1.43 bits per heavy atom. The van der Waals surface area contributed by atoms with Crippen molar-refractivity contribution >= 4 is 0 Å². The molecule has 0 heterocycles. The molecule has 86 valence electrons. The molecule has 0 aromatic rings. The Bertz CT molecular complexity index is 110. The Morgan fingerprint density at radius 2 is 1.14 bits per heavy atom. The summed E-state index contributed by atoms with van der Waals surface area (Å²) < 4.78 is 0. The van der Waals surface area contributed by atoms with Crippen LogP contribution in [-0.2, 0) is 0 Å². The van der Waals surface area contributed by atoms with Crippen LogP contribution in [0.15, 0.2) is 0 Å². The molecule has 0 bridgehead atoms. The van der Waals surface area contributed by atoms with E-state index in [9.17, 15) is 0 Å². The van der Waals surface area contributed by atoms with E-state index in [1.54, 1.807) is 0 Å². The largest absolute Gasteiger partial charge is 0.313 e. The summed E-state index contributed by atoms with van der Waals surface area (Å²) in [6, 6.07) is 0. The van der Waals surface area contributed by atoms with Crippen LogP contribution in [0.2, 0.25) is 0 Å². The van der Waals surface area contributed by atoms with Crippen LogP contribution < -0.4 is 21.3 Å². The SMILES string of the molecule is CCNCC(NCC)(NCC)NCC. The van der Waals surface area contributed by atoms with E-state index in [2.05, 4.69) is 49.0 Å². The van der Waals surface area contributed by atoms with E-state index in [0.29, 0.717) is 0 Å². The molecule has 0 aliphatic carbocycles. The third-order valence-electron chi connectivity index (χ3n) is 2.08. The summed E-state index contributed by atoms with van der Waals surface area (Å²) in [5.74, 6) is -0.158. The molecule has 4 nitrogen and oxygen atoms in total. The van der Waals surface area contributed by atoms with Crippen molar-refractivity contribution in [1.82, 2.24) is 21.3 Å². The summed E-state index contributed by atoms with van der Waals surface area (Å²) >= 11 is 0. The van der Waals surface area contributed by atoms with Gasteiger partial charge in [0, 0.05) is 6.54 Å². The normalized spacial score (nSPS) is 12.0. The molecule has 0 rings (SSSR count). The van der Waals surface area contributed by atoms with Gasteiger partial charge in [-0.2, -0.15) is 0 Å². The van der Waals surface area contributed by atoms with Crippen molar-refractivity contribution in [1.29, 1.82) is 0 Å². The summed E-state index contributed by atoms with van der Waals surface area (Å²) in [6.45, 7) is 13.2. The van der Waals surface area contributed by atoms with Crippen LogP contribution >= 0.6 is 0 Å². The predicted molar refractivity (Wildman–Crippen MR) is 62.3 cm³/mol. The molecule has 0 aliphatic rings. The summed E-state index contributed by atoms with van der Waals surface area (Å²) in [5.41, 5.74) is 0. The van der Waals surface area contributed by atoms with Crippen molar-refractivity contribution in [3.63, 3.8) is 0 Å². The van der Waals surface area contributed by atoms with Gasteiger partial charge < -0.3 is 5.32 Å². The highest BCUT2D eigenvalue weighted by atomic mass is 15.4. The first-order valence-electron chi connectivity index (χ1n) is 5.70. The van der Waals surface area contributed by atoms with Crippen LogP contribution in [0.1, 0.15) is 27.7 Å². The third kappa shape index (κ3) is 4.91. The second kappa shape index (κ2) is 8.17. The van der Waals surface area contributed by atoms with E-state index < -0.39 is 0 Å². The van der Waals surface area contributed by atoms with Crippen LogP contribution in [0, 0.1) is 0 Å². The molecule has 0 fully saturated rings. The van der Waals surface area contributed by atoms with Crippen LogP contribution in [-0.4, -0.2) is 38.5 Å². The average molecular weight is 202 g/mol.